The van der Waals surface area contributed by atoms with E-state index in [1.165, 1.54) is 16.7 Å². The van der Waals surface area contributed by atoms with E-state index in [2.05, 4.69) is 71.0 Å². The number of halogens is 1. The lowest BCUT2D eigenvalue weighted by Crippen LogP contribution is -2.12. The third-order valence-corrected chi connectivity index (χ3v) is 4.01. The molecule has 0 amide bonds. The van der Waals surface area contributed by atoms with Crippen molar-refractivity contribution in [3.05, 3.63) is 58.6 Å². The van der Waals surface area contributed by atoms with Gasteiger partial charge in [0.1, 0.15) is 0 Å². The van der Waals surface area contributed by atoms with Crippen LogP contribution in [0.3, 0.4) is 0 Å². The van der Waals surface area contributed by atoms with Gasteiger partial charge in [0, 0.05) is 10.6 Å². The highest BCUT2D eigenvalue weighted by Gasteiger charge is 2.19. The van der Waals surface area contributed by atoms with Crippen LogP contribution >= 0.6 is 11.6 Å². The fourth-order valence-electron chi connectivity index (χ4n) is 2.48. The molecule has 0 saturated heterocycles. The van der Waals surface area contributed by atoms with Crippen molar-refractivity contribution in [2.75, 3.05) is 0 Å². The van der Waals surface area contributed by atoms with Crippen LogP contribution in [0.5, 0.6) is 0 Å². The number of rotatable bonds is 2. The average Bonchev–Trinajstić information content (AvgIpc) is 2.38. The highest BCUT2D eigenvalue weighted by atomic mass is 35.5. The van der Waals surface area contributed by atoms with Crippen molar-refractivity contribution in [1.29, 1.82) is 0 Å². The van der Waals surface area contributed by atoms with Gasteiger partial charge in [-0.25, -0.2) is 0 Å². The Morgan fingerprint density at radius 1 is 0.900 bits per heavy atom. The van der Waals surface area contributed by atoms with Crippen LogP contribution in [-0.4, -0.2) is 0 Å². The summed E-state index contributed by atoms with van der Waals surface area (Å²) in [6.07, 6.45) is 0. The molecule has 0 fully saturated rings. The van der Waals surface area contributed by atoms with Crippen molar-refractivity contribution in [3.8, 4) is 11.1 Å². The molecule has 20 heavy (non-hydrogen) atoms. The zero-order valence-corrected chi connectivity index (χ0v) is 13.8. The molecule has 0 aliphatic carbocycles. The predicted octanol–water partition coefficient (Wildman–Crippen LogP) is 6.43. The molecule has 0 aliphatic heterocycles. The summed E-state index contributed by atoms with van der Waals surface area (Å²) < 4.78 is 0. The monoisotopic (exact) mass is 286 g/mol. The molecule has 0 unspecified atom stereocenters. The molecule has 1 heteroatoms. The Kier molecular flexibility index (Phi) is 4.25. The van der Waals surface area contributed by atoms with Crippen molar-refractivity contribution < 1.29 is 0 Å². The van der Waals surface area contributed by atoms with Crippen molar-refractivity contribution in [3.63, 3.8) is 0 Å². The van der Waals surface area contributed by atoms with E-state index in [4.69, 9.17) is 11.6 Å². The Labute approximate surface area is 127 Å². The first-order valence-electron chi connectivity index (χ1n) is 7.20. The van der Waals surface area contributed by atoms with E-state index in [1.54, 1.807) is 0 Å². The SMILES string of the molecule is CC(C)c1ccc(Cl)c(-c2ccccc2C(C)(C)C)c1. The number of benzene rings is 2. The van der Waals surface area contributed by atoms with E-state index < -0.39 is 0 Å². The van der Waals surface area contributed by atoms with Crippen LogP contribution in [0.2, 0.25) is 5.02 Å². The molecule has 0 nitrogen and oxygen atoms in total. The first kappa shape index (κ1) is 15.1. The van der Waals surface area contributed by atoms with Crippen LogP contribution < -0.4 is 0 Å². The molecule has 0 bridgehead atoms. The molecule has 106 valence electrons. The highest BCUT2D eigenvalue weighted by Crippen LogP contribution is 2.37. The summed E-state index contributed by atoms with van der Waals surface area (Å²) in [7, 11) is 0. The van der Waals surface area contributed by atoms with Gasteiger partial charge >= 0.3 is 0 Å². The minimum Gasteiger partial charge on any atom is -0.0837 e. The average molecular weight is 287 g/mol. The first-order chi connectivity index (χ1) is 9.30. The number of hydrogen-bond acceptors (Lipinski definition) is 0. The third kappa shape index (κ3) is 3.07. The summed E-state index contributed by atoms with van der Waals surface area (Å²) in [4.78, 5) is 0. The minimum atomic E-state index is 0.105. The van der Waals surface area contributed by atoms with Gasteiger partial charge in [0.25, 0.3) is 0 Å². The maximum atomic E-state index is 6.46. The molecular weight excluding hydrogens is 264 g/mol. The molecule has 0 aliphatic rings. The second-order valence-electron chi connectivity index (χ2n) is 6.69. The summed E-state index contributed by atoms with van der Waals surface area (Å²) in [6, 6.07) is 14.9. The van der Waals surface area contributed by atoms with Gasteiger partial charge in [0.05, 0.1) is 0 Å². The smallest absolute Gasteiger partial charge is 0.0484 e. The van der Waals surface area contributed by atoms with Gasteiger partial charge in [0.15, 0.2) is 0 Å². The van der Waals surface area contributed by atoms with Crippen molar-refractivity contribution in [2.24, 2.45) is 0 Å². The zero-order valence-electron chi connectivity index (χ0n) is 13.0. The van der Waals surface area contributed by atoms with Crippen LogP contribution in [0.4, 0.5) is 0 Å². The molecule has 0 N–H and O–H groups in total. The van der Waals surface area contributed by atoms with Gasteiger partial charge in [-0.1, -0.05) is 76.6 Å². The van der Waals surface area contributed by atoms with Gasteiger partial charge < -0.3 is 0 Å². The Balaban J connectivity index is 2.66. The Morgan fingerprint density at radius 2 is 1.55 bits per heavy atom. The normalized spacial score (nSPS) is 11.9. The Morgan fingerprint density at radius 3 is 2.15 bits per heavy atom. The van der Waals surface area contributed by atoms with Crippen LogP contribution in [0, 0.1) is 0 Å². The lowest BCUT2D eigenvalue weighted by atomic mass is 9.81. The maximum Gasteiger partial charge on any atom is 0.0484 e. The molecule has 2 rings (SSSR count). The largest absolute Gasteiger partial charge is 0.0837 e. The Bertz CT molecular complexity index is 603. The second kappa shape index (κ2) is 5.61. The topological polar surface area (TPSA) is 0 Å². The van der Waals surface area contributed by atoms with Gasteiger partial charge in [-0.2, -0.15) is 0 Å². The van der Waals surface area contributed by atoms with E-state index in [-0.39, 0.29) is 5.41 Å². The number of hydrogen-bond donors (Lipinski definition) is 0. The van der Waals surface area contributed by atoms with Gasteiger partial charge in [0.2, 0.25) is 0 Å². The fraction of sp³-hybridized carbons (Fsp3) is 0.368. The van der Waals surface area contributed by atoms with Gasteiger partial charge in [-0.3, -0.25) is 0 Å². The van der Waals surface area contributed by atoms with Crippen LogP contribution in [-0.2, 0) is 5.41 Å². The molecule has 0 aromatic heterocycles. The zero-order chi connectivity index (χ0) is 14.9. The van der Waals surface area contributed by atoms with Crippen molar-refractivity contribution in [1.82, 2.24) is 0 Å². The van der Waals surface area contributed by atoms with Crippen LogP contribution in [0.25, 0.3) is 11.1 Å². The minimum absolute atomic E-state index is 0.105. The summed E-state index contributed by atoms with van der Waals surface area (Å²) in [6.45, 7) is 11.1. The van der Waals surface area contributed by atoms with E-state index in [9.17, 15) is 0 Å². The van der Waals surface area contributed by atoms with Crippen LogP contribution in [0.15, 0.2) is 42.5 Å². The summed E-state index contributed by atoms with van der Waals surface area (Å²) in [5.41, 5.74) is 5.15. The molecule has 0 saturated carbocycles. The third-order valence-electron chi connectivity index (χ3n) is 3.68. The molecule has 0 atom stereocenters. The summed E-state index contributed by atoms with van der Waals surface area (Å²) >= 11 is 6.46. The molecule has 0 spiro atoms. The molecule has 0 radical (unpaired) electrons. The highest BCUT2D eigenvalue weighted by molar-refractivity contribution is 6.33. The molecule has 2 aromatic carbocycles. The fourth-order valence-corrected chi connectivity index (χ4v) is 2.70. The summed E-state index contributed by atoms with van der Waals surface area (Å²) in [5, 5.41) is 0.825. The standard InChI is InChI=1S/C19H23Cl/c1-13(2)14-10-11-18(20)16(12-14)15-8-6-7-9-17(15)19(3,4)5/h6-13H,1-5H3. The van der Waals surface area contributed by atoms with E-state index in [1.807, 2.05) is 6.07 Å². The second-order valence-corrected chi connectivity index (χ2v) is 7.10. The summed E-state index contributed by atoms with van der Waals surface area (Å²) in [5.74, 6) is 0.507. The quantitative estimate of drug-likeness (QED) is 0.597. The van der Waals surface area contributed by atoms with Crippen LogP contribution in [0.1, 0.15) is 51.7 Å². The molecule has 2 aromatic rings. The van der Waals surface area contributed by atoms with E-state index in [0.29, 0.717) is 5.92 Å². The lowest BCUT2D eigenvalue weighted by molar-refractivity contribution is 0.592. The van der Waals surface area contributed by atoms with E-state index in [0.717, 1.165) is 10.6 Å². The van der Waals surface area contributed by atoms with Crippen molar-refractivity contribution in [2.45, 2.75) is 46.0 Å². The van der Waals surface area contributed by atoms with Gasteiger partial charge in [-0.05, 0) is 40.2 Å². The van der Waals surface area contributed by atoms with Crippen molar-refractivity contribution >= 4 is 11.6 Å². The first-order valence-corrected chi connectivity index (χ1v) is 7.58. The molecular formula is C19H23Cl. The lowest BCUT2D eigenvalue weighted by Gasteiger charge is -2.24. The van der Waals surface area contributed by atoms with E-state index >= 15 is 0 Å². The Hall–Kier alpha value is -1.27. The predicted molar refractivity (Wildman–Crippen MR) is 89.7 cm³/mol. The maximum absolute atomic E-state index is 6.46. The molecule has 0 heterocycles. The van der Waals surface area contributed by atoms with Gasteiger partial charge in [-0.15, -0.1) is 0 Å².